The van der Waals surface area contributed by atoms with E-state index in [0.717, 1.165) is 22.0 Å². The fourth-order valence-corrected chi connectivity index (χ4v) is 4.31. The molecule has 2 atom stereocenters. The molecule has 2 aromatic carbocycles. The zero-order valence-corrected chi connectivity index (χ0v) is 19.9. The molecule has 3 aromatic rings. The Bertz CT molecular complexity index is 1360. The van der Waals surface area contributed by atoms with Crippen LogP contribution in [0, 0.1) is 5.92 Å². The molecule has 0 saturated carbocycles. The van der Waals surface area contributed by atoms with Crippen LogP contribution in [0.4, 0.5) is 4.79 Å². The van der Waals surface area contributed by atoms with E-state index in [-0.39, 0.29) is 30.2 Å². The molecule has 1 aliphatic carbocycles. The van der Waals surface area contributed by atoms with E-state index in [0.29, 0.717) is 5.70 Å². The molecular formula is C26H25ClN4O5. The normalized spacial score (nSPS) is 16.0. The van der Waals surface area contributed by atoms with Crippen LogP contribution in [-0.4, -0.2) is 39.1 Å². The predicted octanol–water partition coefficient (Wildman–Crippen LogP) is 3.51. The number of nitrogens with one attached hydrogen (secondary N) is 4. The highest BCUT2D eigenvalue weighted by Crippen LogP contribution is 2.27. The van der Waals surface area contributed by atoms with Gasteiger partial charge in [-0.05, 0) is 41.8 Å². The molecule has 0 radical (unpaired) electrons. The lowest BCUT2D eigenvalue weighted by Crippen LogP contribution is -2.45. The number of aromatic amines is 1. The Balaban J connectivity index is 1.33. The Labute approximate surface area is 211 Å². The molecule has 0 spiro atoms. The van der Waals surface area contributed by atoms with Crippen molar-refractivity contribution in [2.24, 2.45) is 5.92 Å². The van der Waals surface area contributed by atoms with Gasteiger partial charge < -0.3 is 31.1 Å². The number of para-hydroxylation sites is 1. The first kappa shape index (κ1) is 24.9. The monoisotopic (exact) mass is 508 g/mol. The van der Waals surface area contributed by atoms with Gasteiger partial charge in [0.15, 0.2) is 0 Å². The maximum atomic E-state index is 12.9. The van der Waals surface area contributed by atoms with Crippen LogP contribution in [0.2, 0.25) is 0 Å². The molecule has 9 nitrogen and oxygen atoms in total. The van der Waals surface area contributed by atoms with Crippen molar-refractivity contribution in [3.05, 3.63) is 88.7 Å². The predicted molar refractivity (Wildman–Crippen MR) is 135 cm³/mol. The number of carboxylic acids is 1. The summed E-state index contributed by atoms with van der Waals surface area (Å²) in [4.78, 5) is 40.1. The first-order valence-electron chi connectivity index (χ1n) is 11.3. The van der Waals surface area contributed by atoms with Gasteiger partial charge in [-0.3, -0.25) is 4.79 Å². The molecule has 1 aromatic heterocycles. The molecule has 1 aliphatic rings. The van der Waals surface area contributed by atoms with Gasteiger partial charge in [-0.15, -0.1) is 0 Å². The lowest BCUT2D eigenvalue weighted by molar-refractivity contribution is -0.142. The highest BCUT2D eigenvalue weighted by molar-refractivity contribution is 6.31. The van der Waals surface area contributed by atoms with Crippen molar-refractivity contribution < 1.29 is 24.6 Å². The number of hydrogen-bond acceptors (Lipinski definition) is 4. The van der Waals surface area contributed by atoms with Gasteiger partial charge in [-0.25, -0.2) is 9.59 Å². The molecule has 4 rings (SSSR count). The fourth-order valence-electron chi connectivity index (χ4n) is 4.00. The van der Waals surface area contributed by atoms with Crippen LogP contribution < -0.4 is 16.0 Å². The number of amides is 3. The molecule has 3 amide bonds. The number of aromatic nitrogens is 1. The molecule has 0 saturated heterocycles. The number of benzene rings is 2. The van der Waals surface area contributed by atoms with Gasteiger partial charge in [-0.1, -0.05) is 48.0 Å². The molecule has 1 heterocycles. The largest absolute Gasteiger partial charge is 0.508 e. The van der Waals surface area contributed by atoms with E-state index in [4.69, 9.17) is 11.6 Å². The van der Waals surface area contributed by atoms with Crippen LogP contribution in [0.5, 0.6) is 5.75 Å². The summed E-state index contributed by atoms with van der Waals surface area (Å²) >= 11 is 6.34. The number of allylic oxidation sites excluding steroid dienone is 2. The molecule has 186 valence electrons. The van der Waals surface area contributed by atoms with Gasteiger partial charge in [0.2, 0.25) is 5.91 Å². The second-order valence-electron chi connectivity index (χ2n) is 8.42. The summed E-state index contributed by atoms with van der Waals surface area (Å²) in [5, 5.41) is 28.2. The Morgan fingerprint density at radius 2 is 1.94 bits per heavy atom. The maximum absolute atomic E-state index is 12.9. The zero-order valence-electron chi connectivity index (χ0n) is 19.1. The van der Waals surface area contributed by atoms with Crippen LogP contribution in [0.15, 0.2) is 77.6 Å². The minimum atomic E-state index is -1.15. The molecule has 2 unspecified atom stereocenters. The average molecular weight is 509 g/mol. The van der Waals surface area contributed by atoms with E-state index in [1.807, 2.05) is 24.3 Å². The van der Waals surface area contributed by atoms with Crippen molar-refractivity contribution in [3.8, 4) is 5.75 Å². The van der Waals surface area contributed by atoms with E-state index < -0.39 is 29.9 Å². The second kappa shape index (κ2) is 11.0. The average Bonchev–Trinajstić information content (AvgIpc) is 3.25. The fraction of sp³-hybridized carbons (Fsp3) is 0.192. The van der Waals surface area contributed by atoms with Crippen LogP contribution >= 0.6 is 11.6 Å². The van der Waals surface area contributed by atoms with Gasteiger partial charge in [0.1, 0.15) is 11.8 Å². The lowest BCUT2D eigenvalue weighted by Gasteiger charge is -2.22. The number of urea groups is 1. The Morgan fingerprint density at radius 1 is 1.14 bits per heavy atom. The van der Waals surface area contributed by atoms with Crippen molar-refractivity contribution in [3.63, 3.8) is 0 Å². The minimum Gasteiger partial charge on any atom is -0.508 e. The number of halogens is 1. The van der Waals surface area contributed by atoms with E-state index in [9.17, 15) is 24.6 Å². The van der Waals surface area contributed by atoms with Crippen molar-refractivity contribution >= 4 is 40.4 Å². The van der Waals surface area contributed by atoms with Gasteiger partial charge >= 0.3 is 12.0 Å². The van der Waals surface area contributed by atoms with Crippen LogP contribution in [0.3, 0.4) is 0 Å². The summed E-state index contributed by atoms with van der Waals surface area (Å²) in [5.41, 5.74) is 2.82. The highest BCUT2D eigenvalue weighted by atomic mass is 35.5. The Hall–Kier alpha value is -4.24. The molecule has 0 bridgehead atoms. The van der Waals surface area contributed by atoms with Gasteiger partial charge in [0.25, 0.3) is 0 Å². The standard InChI is InChI=1S/C26H25ClN4O5/c27-21-12-17(30-26(36)29-13-15-4-3-5-18(32)10-15)8-9-20(21)24(33)31-23(25(34)35)11-16-14-28-22-7-2-1-6-19(16)22/h1-8,10,12,14,20,23,28,32H,9,11,13H2,(H,31,33)(H,34,35)(H2,29,30,36). The number of aliphatic carboxylic acids is 1. The number of phenols is 1. The Morgan fingerprint density at radius 3 is 2.69 bits per heavy atom. The summed E-state index contributed by atoms with van der Waals surface area (Å²) in [6.07, 6.45) is 5.18. The number of aromatic hydroxyl groups is 1. The number of carbonyl (C=O) groups excluding carboxylic acids is 2. The third-order valence-corrected chi connectivity index (χ3v) is 6.22. The van der Waals surface area contributed by atoms with Gasteiger partial charge in [0, 0.05) is 40.8 Å². The number of H-pyrrole nitrogens is 1. The quantitative estimate of drug-likeness (QED) is 0.276. The summed E-state index contributed by atoms with van der Waals surface area (Å²) in [7, 11) is 0. The summed E-state index contributed by atoms with van der Waals surface area (Å²) in [6.45, 7) is 0.211. The maximum Gasteiger partial charge on any atom is 0.326 e. The van der Waals surface area contributed by atoms with Crippen molar-refractivity contribution in [1.82, 2.24) is 20.9 Å². The summed E-state index contributed by atoms with van der Waals surface area (Å²) in [5.74, 6) is -2.31. The number of fused-ring (bicyclic) bond motifs is 1. The number of phenolic OH excluding ortho intramolecular Hbond substituents is 1. The van der Waals surface area contributed by atoms with Crippen molar-refractivity contribution in [1.29, 1.82) is 0 Å². The number of hydrogen-bond donors (Lipinski definition) is 6. The number of carbonyl (C=O) groups is 3. The smallest absolute Gasteiger partial charge is 0.326 e. The van der Waals surface area contributed by atoms with Crippen LogP contribution in [0.1, 0.15) is 17.5 Å². The molecule has 36 heavy (non-hydrogen) atoms. The minimum absolute atomic E-state index is 0.107. The number of rotatable bonds is 8. The molecule has 0 aliphatic heterocycles. The third kappa shape index (κ3) is 6.05. The van der Waals surface area contributed by atoms with Crippen LogP contribution in [0.25, 0.3) is 10.9 Å². The van der Waals surface area contributed by atoms with Gasteiger partial charge in [0.05, 0.1) is 5.92 Å². The van der Waals surface area contributed by atoms with Crippen LogP contribution in [-0.2, 0) is 22.6 Å². The SMILES string of the molecule is O=C(NCc1cccc(O)c1)NC1=CCC(C(=O)NC(Cc2c[nH]c3ccccc23)C(=O)O)C(Cl)=C1. The van der Waals surface area contributed by atoms with E-state index in [1.54, 1.807) is 30.5 Å². The first-order valence-corrected chi connectivity index (χ1v) is 11.7. The molecule has 10 heteroatoms. The third-order valence-electron chi connectivity index (χ3n) is 5.85. The van der Waals surface area contributed by atoms with E-state index >= 15 is 0 Å². The number of carboxylic acid groups (broad SMARTS) is 1. The summed E-state index contributed by atoms with van der Waals surface area (Å²) < 4.78 is 0. The first-order chi connectivity index (χ1) is 17.3. The summed E-state index contributed by atoms with van der Waals surface area (Å²) in [6, 6.07) is 12.5. The topological polar surface area (TPSA) is 144 Å². The molecule has 0 fully saturated rings. The van der Waals surface area contributed by atoms with Crippen molar-refractivity contribution in [2.45, 2.75) is 25.4 Å². The van der Waals surface area contributed by atoms with Crippen molar-refractivity contribution in [2.75, 3.05) is 0 Å². The van der Waals surface area contributed by atoms with E-state index in [2.05, 4.69) is 20.9 Å². The van der Waals surface area contributed by atoms with Gasteiger partial charge in [-0.2, -0.15) is 0 Å². The lowest BCUT2D eigenvalue weighted by atomic mass is 9.97. The molecular weight excluding hydrogens is 484 g/mol. The highest BCUT2D eigenvalue weighted by Gasteiger charge is 2.29. The second-order valence-corrected chi connectivity index (χ2v) is 8.85. The molecule has 6 N–H and O–H groups in total. The Kier molecular flexibility index (Phi) is 7.60. The van der Waals surface area contributed by atoms with E-state index in [1.165, 1.54) is 12.1 Å². The zero-order chi connectivity index (χ0) is 25.7.